The summed E-state index contributed by atoms with van der Waals surface area (Å²) in [5.74, 6) is 1.01. The summed E-state index contributed by atoms with van der Waals surface area (Å²) in [4.78, 5) is 25.7. The van der Waals surface area contributed by atoms with Crippen molar-refractivity contribution in [1.29, 1.82) is 0 Å². The Balaban J connectivity index is 1.83. The Bertz CT molecular complexity index is 530. The lowest BCUT2D eigenvalue weighted by molar-refractivity contribution is -0.131. The summed E-state index contributed by atoms with van der Waals surface area (Å²) >= 11 is 0. The molecular weight excluding hydrogens is 280 g/mol. The molecule has 1 saturated heterocycles. The number of hydrogen-bond acceptors (Lipinski definition) is 3. The maximum absolute atomic E-state index is 12.4. The zero-order valence-electron chi connectivity index (χ0n) is 13.5. The van der Waals surface area contributed by atoms with E-state index in [1.807, 2.05) is 44.2 Å². The van der Waals surface area contributed by atoms with Crippen LogP contribution < -0.4 is 10.1 Å². The van der Waals surface area contributed by atoms with Crippen LogP contribution in [0.5, 0.6) is 5.75 Å². The van der Waals surface area contributed by atoms with Gasteiger partial charge in [0.25, 0.3) is 5.91 Å². The molecule has 1 unspecified atom stereocenters. The SMILES string of the molecule is CC(C)CC1(C)NC(=O)N(CCCOc2ccccc2)C1=O. The molecule has 1 aliphatic rings. The fourth-order valence-electron chi connectivity index (χ4n) is 2.83. The van der Waals surface area contributed by atoms with Gasteiger partial charge in [0.15, 0.2) is 0 Å². The number of nitrogens with one attached hydrogen (secondary N) is 1. The Morgan fingerprint density at radius 3 is 2.55 bits per heavy atom. The van der Waals surface area contributed by atoms with Crippen molar-refractivity contribution in [3.05, 3.63) is 30.3 Å². The summed E-state index contributed by atoms with van der Waals surface area (Å²) in [6.07, 6.45) is 1.26. The average Bonchev–Trinajstić information content (AvgIpc) is 2.66. The molecule has 1 heterocycles. The van der Waals surface area contributed by atoms with E-state index >= 15 is 0 Å². The Morgan fingerprint density at radius 2 is 1.91 bits per heavy atom. The highest BCUT2D eigenvalue weighted by Crippen LogP contribution is 2.25. The van der Waals surface area contributed by atoms with Gasteiger partial charge >= 0.3 is 6.03 Å². The minimum atomic E-state index is -0.772. The predicted octanol–water partition coefficient (Wildman–Crippen LogP) is 2.81. The van der Waals surface area contributed by atoms with E-state index in [0.717, 1.165) is 5.75 Å². The lowest BCUT2D eigenvalue weighted by Gasteiger charge is -2.23. The highest BCUT2D eigenvalue weighted by Gasteiger charge is 2.47. The number of hydrogen-bond donors (Lipinski definition) is 1. The Hall–Kier alpha value is -2.04. The third-order valence-electron chi connectivity index (χ3n) is 3.70. The molecular formula is C17H24N2O3. The van der Waals surface area contributed by atoms with Crippen molar-refractivity contribution >= 4 is 11.9 Å². The van der Waals surface area contributed by atoms with E-state index in [1.54, 1.807) is 6.92 Å². The molecule has 1 aromatic carbocycles. The number of nitrogens with zero attached hydrogens (tertiary/aromatic N) is 1. The van der Waals surface area contributed by atoms with Crippen LogP contribution in [-0.2, 0) is 4.79 Å². The number of urea groups is 1. The van der Waals surface area contributed by atoms with Crippen LogP contribution in [0, 0.1) is 5.92 Å². The number of ether oxygens (including phenoxy) is 1. The average molecular weight is 304 g/mol. The molecule has 0 spiro atoms. The summed E-state index contributed by atoms with van der Waals surface area (Å²) in [5.41, 5.74) is -0.772. The van der Waals surface area contributed by atoms with Crippen molar-refractivity contribution in [1.82, 2.24) is 10.2 Å². The van der Waals surface area contributed by atoms with Gasteiger partial charge in [-0.15, -0.1) is 0 Å². The number of carbonyl (C=O) groups is 2. The molecule has 0 radical (unpaired) electrons. The molecule has 0 aliphatic carbocycles. The fourth-order valence-corrected chi connectivity index (χ4v) is 2.83. The second-order valence-electron chi connectivity index (χ2n) is 6.33. The van der Waals surface area contributed by atoms with Gasteiger partial charge in [-0.1, -0.05) is 32.0 Å². The molecule has 1 fully saturated rings. The van der Waals surface area contributed by atoms with Crippen LogP contribution in [0.15, 0.2) is 30.3 Å². The zero-order chi connectivity index (χ0) is 16.2. The van der Waals surface area contributed by atoms with E-state index in [4.69, 9.17) is 4.74 Å². The summed E-state index contributed by atoms with van der Waals surface area (Å²) in [5, 5.41) is 2.82. The zero-order valence-corrected chi connectivity index (χ0v) is 13.5. The Morgan fingerprint density at radius 1 is 1.23 bits per heavy atom. The number of amides is 3. The number of rotatable bonds is 7. The first kappa shape index (κ1) is 16.3. The topological polar surface area (TPSA) is 58.6 Å². The van der Waals surface area contributed by atoms with Crippen molar-refractivity contribution in [2.75, 3.05) is 13.2 Å². The molecule has 22 heavy (non-hydrogen) atoms. The van der Waals surface area contributed by atoms with E-state index < -0.39 is 5.54 Å². The first-order valence-electron chi connectivity index (χ1n) is 7.74. The minimum Gasteiger partial charge on any atom is -0.494 e. The second-order valence-corrected chi connectivity index (χ2v) is 6.33. The van der Waals surface area contributed by atoms with Gasteiger partial charge in [0.2, 0.25) is 0 Å². The van der Waals surface area contributed by atoms with Crippen LogP contribution in [0.25, 0.3) is 0 Å². The third kappa shape index (κ3) is 3.78. The maximum Gasteiger partial charge on any atom is 0.325 e. The number of carbonyl (C=O) groups excluding carboxylic acids is 2. The molecule has 0 bridgehead atoms. The molecule has 2 rings (SSSR count). The first-order valence-corrected chi connectivity index (χ1v) is 7.74. The molecule has 0 saturated carbocycles. The van der Waals surface area contributed by atoms with Crippen molar-refractivity contribution in [2.45, 2.75) is 39.2 Å². The van der Waals surface area contributed by atoms with Gasteiger partial charge < -0.3 is 10.1 Å². The molecule has 120 valence electrons. The van der Waals surface area contributed by atoms with Gasteiger partial charge in [0.1, 0.15) is 11.3 Å². The van der Waals surface area contributed by atoms with Crippen LogP contribution in [0.1, 0.15) is 33.6 Å². The lowest BCUT2D eigenvalue weighted by atomic mass is 9.91. The minimum absolute atomic E-state index is 0.133. The number of imide groups is 1. The van der Waals surface area contributed by atoms with Gasteiger partial charge in [-0.05, 0) is 37.8 Å². The maximum atomic E-state index is 12.4. The monoisotopic (exact) mass is 304 g/mol. The van der Waals surface area contributed by atoms with Gasteiger partial charge in [0.05, 0.1) is 6.61 Å². The van der Waals surface area contributed by atoms with E-state index in [0.29, 0.717) is 31.9 Å². The summed E-state index contributed by atoms with van der Waals surface area (Å²) < 4.78 is 5.58. The molecule has 1 aromatic rings. The highest BCUT2D eigenvalue weighted by atomic mass is 16.5. The van der Waals surface area contributed by atoms with E-state index in [-0.39, 0.29) is 11.9 Å². The predicted molar refractivity (Wildman–Crippen MR) is 84.7 cm³/mol. The van der Waals surface area contributed by atoms with E-state index in [1.165, 1.54) is 4.90 Å². The molecule has 1 N–H and O–H groups in total. The quantitative estimate of drug-likeness (QED) is 0.622. The molecule has 5 heteroatoms. The van der Waals surface area contributed by atoms with Crippen LogP contribution in [-0.4, -0.2) is 35.5 Å². The highest BCUT2D eigenvalue weighted by molar-refractivity contribution is 6.06. The van der Waals surface area contributed by atoms with E-state index in [9.17, 15) is 9.59 Å². The Kier molecular flexibility index (Phi) is 5.06. The third-order valence-corrected chi connectivity index (χ3v) is 3.70. The van der Waals surface area contributed by atoms with Crippen molar-refractivity contribution < 1.29 is 14.3 Å². The molecule has 5 nitrogen and oxygen atoms in total. The second kappa shape index (κ2) is 6.81. The van der Waals surface area contributed by atoms with Crippen LogP contribution >= 0.6 is 0 Å². The van der Waals surface area contributed by atoms with Crippen LogP contribution in [0.3, 0.4) is 0 Å². The molecule has 1 atom stereocenters. The normalized spacial score (nSPS) is 21.4. The van der Waals surface area contributed by atoms with Gasteiger partial charge in [-0.3, -0.25) is 9.69 Å². The molecule has 1 aliphatic heterocycles. The first-order chi connectivity index (χ1) is 10.4. The fraction of sp³-hybridized carbons (Fsp3) is 0.529. The number of benzene rings is 1. The van der Waals surface area contributed by atoms with Gasteiger partial charge in [-0.2, -0.15) is 0 Å². The van der Waals surface area contributed by atoms with Crippen molar-refractivity contribution in [3.8, 4) is 5.75 Å². The largest absolute Gasteiger partial charge is 0.494 e. The smallest absolute Gasteiger partial charge is 0.325 e. The summed E-state index contributed by atoms with van der Waals surface area (Å²) in [6.45, 7) is 6.74. The molecule has 3 amide bonds. The van der Waals surface area contributed by atoms with Crippen molar-refractivity contribution in [3.63, 3.8) is 0 Å². The van der Waals surface area contributed by atoms with E-state index in [2.05, 4.69) is 5.32 Å². The standard InChI is InChI=1S/C17H24N2O3/c1-13(2)12-17(3)15(20)19(16(21)18-17)10-7-11-22-14-8-5-4-6-9-14/h4-6,8-9,13H,7,10-12H2,1-3H3,(H,18,21). The van der Waals surface area contributed by atoms with Gasteiger partial charge in [0, 0.05) is 6.54 Å². The number of para-hydroxylation sites is 1. The summed E-state index contributed by atoms with van der Waals surface area (Å²) in [7, 11) is 0. The van der Waals surface area contributed by atoms with Crippen LogP contribution in [0.2, 0.25) is 0 Å². The lowest BCUT2D eigenvalue weighted by Crippen LogP contribution is -2.45. The summed E-state index contributed by atoms with van der Waals surface area (Å²) in [6, 6.07) is 9.21. The Labute approximate surface area is 131 Å². The molecule has 0 aromatic heterocycles. The van der Waals surface area contributed by atoms with Gasteiger partial charge in [-0.25, -0.2) is 4.79 Å². The van der Waals surface area contributed by atoms with Crippen molar-refractivity contribution in [2.24, 2.45) is 5.92 Å². The van der Waals surface area contributed by atoms with Crippen LogP contribution in [0.4, 0.5) is 4.79 Å².